The standard InChI is InChI=1S/C24H31N5O2/c1-17-25-23(27-26-17)24-12-13-28(21(30)9-5-8-18-6-3-2-4-7-18)14-20(24)15-29(16-24)22(31)19-10-11-19/h2-4,6-7,19-20H,5,8-16H2,1H3,(H,25,26,27)/t20-,24-/m1/s1. The van der Waals surface area contributed by atoms with Gasteiger partial charge in [0.1, 0.15) is 5.82 Å². The number of hydrogen-bond donors (Lipinski definition) is 1. The summed E-state index contributed by atoms with van der Waals surface area (Å²) in [6.07, 6.45) is 5.19. The summed E-state index contributed by atoms with van der Waals surface area (Å²) in [5.74, 6) is 2.52. The summed E-state index contributed by atoms with van der Waals surface area (Å²) in [6, 6.07) is 10.3. The molecule has 5 rings (SSSR count). The fourth-order valence-electron chi connectivity index (χ4n) is 5.34. The summed E-state index contributed by atoms with van der Waals surface area (Å²) in [7, 11) is 0. The molecule has 2 aromatic rings. The first-order valence-corrected chi connectivity index (χ1v) is 11.6. The molecule has 1 saturated carbocycles. The number of amides is 2. The molecule has 1 aromatic heterocycles. The van der Waals surface area contributed by atoms with Gasteiger partial charge in [0.15, 0.2) is 5.82 Å². The summed E-state index contributed by atoms with van der Waals surface area (Å²) < 4.78 is 0. The molecule has 3 fully saturated rings. The number of carbonyl (C=O) groups is 2. The maximum atomic E-state index is 13.0. The Kier molecular flexibility index (Phi) is 5.28. The summed E-state index contributed by atoms with van der Waals surface area (Å²) in [5.41, 5.74) is 1.04. The van der Waals surface area contributed by atoms with E-state index in [0.29, 0.717) is 32.6 Å². The third kappa shape index (κ3) is 3.98. The fourth-order valence-corrected chi connectivity index (χ4v) is 5.34. The number of aromatic amines is 1. The molecule has 7 nitrogen and oxygen atoms in total. The fraction of sp³-hybridized carbons (Fsp3) is 0.583. The molecule has 2 amide bonds. The molecule has 2 atom stereocenters. The van der Waals surface area contributed by atoms with E-state index in [1.165, 1.54) is 5.56 Å². The normalized spacial score (nSPS) is 25.5. The third-order valence-electron chi connectivity index (χ3n) is 7.30. The summed E-state index contributed by atoms with van der Waals surface area (Å²) >= 11 is 0. The maximum Gasteiger partial charge on any atom is 0.225 e. The molecule has 0 spiro atoms. The van der Waals surface area contributed by atoms with E-state index >= 15 is 0 Å². The molecule has 0 bridgehead atoms. The van der Waals surface area contributed by atoms with E-state index in [0.717, 1.165) is 43.8 Å². The lowest BCUT2D eigenvalue weighted by molar-refractivity contribution is -0.134. The van der Waals surface area contributed by atoms with E-state index in [-0.39, 0.29) is 29.1 Å². The van der Waals surface area contributed by atoms with E-state index in [2.05, 4.69) is 27.3 Å². The van der Waals surface area contributed by atoms with E-state index < -0.39 is 0 Å². The van der Waals surface area contributed by atoms with Crippen LogP contribution in [-0.4, -0.2) is 63.0 Å². The maximum absolute atomic E-state index is 13.0. The number of H-pyrrole nitrogens is 1. The first-order valence-electron chi connectivity index (χ1n) is 11.6. The zero-order chi connectivity index (χ0) is 21.4. The monoisotopic (exact) mass is 421 g/mol. The van der Waals surface area contributed by atoms with Crippen molar-refractivity contribution in [1.82, 2.24) is 25.0 Å². The van der Waals surface area contributed by atoms with Gasteiger partial charge in [-0.1, -0.05) is 30.3 Å². The van der Waals surface area contributed by atoms with Gasteiger partial charge in [-0.25, -0.2) is 4.98 Å². The van der Waals surface area contributed by atoms with Crippen LogP contribution in [0.25, 0.3) is 0 Å². The number of carbonyl (C=O) groups excluding carboxylic acids is 2. The quantitative estimate of drug-likeness (QED) is 0.777. The molecule has 2 saturated heterocycles. The molecule has 3 heterocycles. The average Bonchev–Trinajstić information content (AvgIpc) is 3.42. The Hall–Kier alpha value is -2.70. The molecule has 3 aliphatic rings. The van der Waals surface area contributed by atoms with Gasteiger partial charge >= 0.3 is 0 Å². The Labute approximate surface area is 183 Å². The van der Waals surface area contributed by atoms with Gasteiger partial charge in [0.05, 0.1) is 5.41 Å². The summed E-state index contributed by atoms with van der Waals surface area (Å²) in [5, 5.41) is 7.49. The number of piperidine rings is 1. The van der Waals surface area contributed by atoms with Crippen molar-refractivity contribution in [1.29, 1.82) is 0 Å². The van der Waals surface area contributed by atoms with Crippen LogP contribution in [0.1, 0.15) is 49.3 Å². The first-order chi connectivity index (χ1) is 15.0. The minimum atomic E-state index is -0.240. The highest BCUT2D eigenvalue weighted by molar-refractivity contribution is 5.81. The first kappa shape index (κ1) is 20.2. The Balaban J connectivity index is 1.26. The van der Waals surface area contributed by atoms with Gasteiger partial charge in [-0.3, -0.25) is 14.7 Å². The van der Waals surface area contributed by atoms with Gasteiger partial charge in [-0.05, 0) is 44.6 Å². The zero-order valence-corrected chi connectivity index (χ0v) is 18.2. The number of likely N-dealkylation sites (tertiary alicyclic amines) is 2. The highest BCUT2D eigenvalue weighted by atomic mass is 16.2. The van der Waals surface area contributed by atoms with Gasteiger partial charge in [-0.2, -0.15) is 5.10 Å². The number of nitrogens with one attached hydrogen (secondary N) is 1. The lowest BCUT2D eigenvalue weighted by Crippen LogP contribution is -2.51. The number of hydrogen-bond acceptors (Lipinski definition) is 4. The lowest BCUT2D eigenvalue weighted by atomic mass is 9.72. The van der Waals surface area contributed by atoms with Crippen LogP contribution in [0, 0.1) is 18.8 Å². The van der Waals surface area contributed by atoms with E-state index in [4.69, 9.17) is 0 Å². The lowest BCUT2D eigenvalue weighted by Gasteiger charge is -2.41. The molecule has 31 heavy (non-hydrogen) atoms. The van der Waals surface area contributed by atoms with Crippen molar-refractivity contribution < 1.29 is 9.59 Å². The van der Waals surface area contributed by atoms with Gasteiger partial charge in [-0.15, -0.1) is 0 Å². The smallest absolute Gasteiger partial charge is 0.225 e. The van der Waals surface area contributed by atoms with Crippen LogP contribution >= 0.6 is 0 Å². The van der Waals surface area contributed by atoms with Crippen LogP contribution in [0.3, 0.4) is 0 Å². The molecule has 1 aliphatic carbocycles. The number of rotatable bonds is 6. The Morgan fingerprint density at radius 2 is 1.94 bits per heavy atom. The molecule has 1 N–H and O–H groups in total. The van der Waals surface area contributed by atoms with Crippen LogP contribution in [0.15, 0.2) is 30.3 Å². The number of nitrogens with zero attached hydrogens (tertiary/aromatic N) is 4. The van der Waals surface area contributed by atoms with Crippen LogP contribution < -0.4 is 0 Å². The van der Waals surface area contributed by atoms with Crippen molar-refractivity contribution in [2.45, 2.75) is 50.9 Å². The SMILES string of the molecule is Cc1nc([C@@]23CCN(C(=O)CCCc4ccccc4)C[C@@H]2CN(C(=O)C2CC2)C3)n[nH]1. The second-order valence-corrected chi connectivity index (χ2v) is 9.52. The molecular formula is C24H31N5O2. The van der Waals surface area contributed by atoms with Gasteiger partial charge in [0.25, 0.3) is 0 Å². The Morgan fingerprint density at radius 1 is 1.16 bits per heavy atom. The van der Waals surface area contributed by atoms with Crippen molar-refractivity contribution in [3.05, 3.63) is 47.5 Å². The molecule has 1 aromatic carbocycles. The van der Waals surface area contributed by atoms with Crippen molar-refractivity contribution in [3.63, 3.8) is 0 Å². The molecule has 0 unspecified atom stereocenters. The summed E-state index contributed by atoms with van der Waals surface area (Å²) in [6.45, 7) is 4.69. The van der Waals surface area contributed by atoms with Crippen molar-refractivity contribution >= 4 is 11.8 Å². The largest absolute Gasteiger partial charge is 0.342 e. The second-order valence-electron chi connectivity index (χ2n) is 9.52. The van der Waals surface area contributed by atoms with Crippen LogP contribution in [-0.2, 0) is 21.4 Å². The molecule has 164 valence electrons. The zero-order valence-electron chi connectivity index (χ0n) is 18.2. The molecule has 0 radical (unpaired) electrons. The second kappa shape index (κ2) is 8.09. The van der Waals surface area contributed by atoms with Gasteiger partial charge in [0, 0.05) is 44.4 Å². The number of aryl methyl sites for hydroxylation is 2. The van der Waals surface area contributed by atoms with E-state index in [1.54, 1.807) is 0 Å². The predicted octanol–water partition coefficient (Wildman–Crippen LogP) is 2.47. The summed E-state index contributed by atoms with van der Waals surface area (Å²) in [4.78, 5) is 34.5. The molecular weight excluding hydrogens is 390 g/mol. The highest BCUT2D eigenvalue weighted by Crippen LogP contribution is 2.45. The Bertz CT molecular complexity index is 954. The minimum absolute atomic E-state index is 0.192. The van der Waals surface area contributed by atoms with Crippen molar-refractivity contribution in [2.24, 2.45) is 11.8 Å². The van der Waals surface area contributed by atoms with Gasteiger partial charge < -0.3 is 9.80 Å². The highest BCUT2D eigenvalue weighted by Gasteiger charge is 2.55. The van der Waals surface area contributed by atoms with Crippen LogP contribution in [0.4, 0.5) is 0 Å². The third-order valence-corrected chi connectivity index (χ3v) is 7.30. The van der Waals surface area contributed by atoms with Crippen LogP contribution in [0.2, 0.25) is 0 Å². The number of benzene rings is 1. The number of fused-ring (bicyclic) bond motifs is 1. The van der Waals surface area contributed by atoms with Gasteiger partial charge in [0.2, 0.25) is 11.8 Å². The molecule has 2 aliphatic heterocycles. The van der Waals surface area contributed by atoms with Crippen molar-refractivity contribution in [3.8, 4) is 0 Å². The van der Waals surface area contributed by atoms with Crippen LogP contribution in [0.5, 0.6) is 0 Å². The minimum Gasteiger partial charge on any atom is -0.342 e. The topological polar surface area (TPSA) is 82.2 Å². The predicted molar refractivity (Wildman–Crippen MR) is 116 cm³/mol. The van der Waals surface area contributed by atoms with E-state index in [1.807, 2.05) is 34.9 Å². The number of aromatic nitrogens is 3. The Morgan fingerprint density at radius 3 is 2.65 bits per heavy atom. The van der Waals surface area contributed by atoms with E-state index in [9.17, 15) is 9.59 Å². The molecule has 7 heteroatoms. The van der Waals surface area contributed by atoms with Crippen molar-refractivity contribution in [2.75, 3.05) is 26.2 Å². The average molecular weight is 422 g/mol.